The first-order valence-electron chi connectivity index (χ1n) is 11.9. The summed E-state index contributed by atoms with van der Waals surface area (Å²) in [6.07, 6.45) is 9.02. The highest BCUT2D eigenvalue weighted by atomic mass is 16.6. The first-order chi connectivity index (χ1) is 15.3. The third-order valence-electron chi connectivity index (χ3n) is 6.72. The molecule has 0 radical (unpaired) electrons. The predicted molar refractivity (Wildman–Crippen MR) is 120 cm³/mol. The zero-order valence-corrected chi connectivity index (χ0v) is 19.1. The quantitative estimate of drug-likeness (QED) is 0.697. The van der Waals surface area contributed by atoms with Crippen LogP contribution in [0, 0.1) is 23.2 Å². The second kappa shape index (κ2) is 7.95. The van der Waals surface area contributed by atoms with Crippen LogP contribution in [0.15, 0.2) is 12.3 Å². The molecule has 3 saturated carbocycles. The number of carbonyl (C=O) groups excluding carboxylic acids is 1. The van der Waals surface area contributed by atoms with E-state index in [1.54, 1.807) is 10.7 Å². The van der Waals surface area contributed by atoms with E-state index in [4.69, 9.17) is 9.72 Å². The van der Waals surface area contributed by atoms with Gasteiger partial charge in [-0.1, -0.05) is 0 Å². The van der Waals surface area contributed by atoms with Crippen molar-refractivity contribution in [1.29, 1.82) is 5.26 Å². The number of nitriles is 1. The number of nitrogens with zero attached hydrogens (tertiary/aromatic N) is 4. The normalized spacial score (nSPS) is 23.3. The number of alkyl carbamates (subject to hydrolysis) is 1. The van der Waals surface area contributed by atoms with E-state index < -0.39 is 5.60 Å². The van der Waals surface area contributed by atoms with E-state index >= 15 is 0 Å². The molecule has 2 heterocycles. The van der Waals surface area contributed by atoms with Gasteiger partial charge in [-0.3, -0.25) is 0 Å². The molecular weight excluding hydrogens is 404 g/mol. The highest BCUT2D eigenvalue weighted by molar-refractivity contribution is 5.68. The second-order valence-corrected chi connectivity index (χ2v) is 10.7. The molecule has 0 spiro atoms. The molecule has 170 valence electrons. The molecule has 1 amide bonds. The molecule has 8 nitrogen and oxygen atoms in total. The molecule has 2 aromatic rings. The molecule has 2 aromatic heterocycles. The standard InChI is InChI=1S/C24H32N6O2/c1-24(2,3)32-23(31)28-18-9-8-17(10-18)27-20-11-19(21(14-4-5-14)15-6-7-15)29-22-16(12-25)13-26-30(20)22/h11,13-15,17-18,21,27H,4-10H2,1-3H3,(H,28,31)/t17-,18-/m0/s1. The SMILES string of the molecule is CC(C)(C)OC(=O)N[C@H]1CC[C@H](Nc2cc(C(C3CC3)C3CC3)nc3c(C#N)cnn23)C1. The largest absolute Gasteiger partial charge is 0.444 e. The average molecular weight is 437 g/mol. The van der Waals surface area contributed by atoms with Crippen LogP contribution < -0.4 is 10.6 Å². The van der Waals surface area contributed by atoms with Gasteiger partial charge < -0.3 is 15.4 Å². The molecule has 32 heavy (non-hydrogen) atoms. The molecule has 0 unspecified atom stereocenters. The van der Waals surface area contributed by atoms with E-state index in [1.807, 2.05) is 20.8 Å². The summed E-state index contributed by atoms with van der Waals surface area (Å²) in [7, 11) is 0. The molecule has 8 heteroatoms. The third-order valence-corrected chi connectivity index (χ3v) is 6.72. The fraction of sp³-hybridized carbons (Fsp3) is 0.667. The zero-order valence-electron chi connectivity index (χ0n) is 19.1. The van der Waals surface area contributed by atoms with Crippen LogP contribution in [0.2, 0.25) is 0 Å². The number of ether oxygens (including phenoxy) is 1. The van der Waals surface area contributed by atoms with Crippen molar-refractivity contribution in [1.82, 2.24) is 19.9 Å². The van der Waals surface area contributed by atoms with Crippen molar-refractivity contribution in [2.24, 2.45) is 11.8 Å². The van der Waals surface area contributed by atoms with Crippen LogP contribution >= 0.6 is 0 Å². The predicted octanol–water partition coefficient (Wildman–Crippen LogP) is 4.36. The number of carbonyl (C=O) groups is 1. The van der Waals surface area contributed by atoms with Crippen molar-refractivity contribution in [3.63, 3.8) is 0 Å². The minimum Gasteiger partial charge on any atom is -0.444 e. The Hall–Kier alpha value is -2.82. The van der Waals surface area contributed by atoms with E-state index in [1.165, 1.54) is 25.7 Å². The number of aromatic nitrogens is 3. The van der Waals surface area contributed by atoms with Gasteiger partial charge >= 0.3 is 6.09 Å². The Bertz CT molecular complexity index is 1040. The molecule has 3 aliphatic rings. The molecule has 3 aliphatic carbocycles. The number of hydrogen-bond donors (Lipinski definition) is 2. The lowest BCUT2D eigenvalue weighted by molar-refractivity contribution is 0.0505. The number of amides is 1. The maximum absolute atomic E-state index is 12.1. The van der Waals surface area contributed by atoms with Gasteiger partial charge in [0.15, 0.2) is 5.65 Å². The van der Waals surface area contributed by atoms with Gasteiger partial charge in [0.05, 0.1) is 11.9 Å². The van der Waals surface area contributed by atoms with Gasteiger partial charge in [0.1, 0.15) is 23.1 Å². The van der Waals surface area contributed by atoms with Crippen LogP contribution in [0.3, 0.4) is 0 Å². The molecule has 0 aliphatic heterocycles. The summed E-state index contributed by atoms with van der Waals surface area (Å²) in [5, 5.41) is 20.6. The Morgan fingerprint density at radius 1 is 1.19 bits per heavy atom. The number of fused-ring (bicyclic) bond motifs is 1. The molecule has 3 fully saturated rings. The lowest BCUT2D eigenvalue weighted by Gasteiger charge is -2.22. The molecule has 0 bridgehead atoms. The summed E-state index contributed by atoms with van der Waals surface area (Å²) in [6.45, 7) is 5.61. The van der Waals surface area contributed by atoms with Crippen LogP contribution in [-0.2, 0) is 4.74 Å². The number of hydrogen-bond acceptors (Lipinski definition) is 6. The van der Waals surface area contributed by atoms with Crippen molar-refractivity contribution in [3.8, 4) is 6.07 Å². The van der Waals surface area contributed by atoms with Gasteiger partial charge in [-0.2, -0.15) is 14.9 Å². The molecule has 2 N–H and O–H groups in total. The molecule has 0 saturated heterocycles. The lowest BCUT2D eigenvalue weighted by atomic mass is 9.93. The van der Waals surface area contributed by atoms with Gasteiger partial charge in [0.2, 0.25) is 0 Å². The van der Waals surface area contributed by atoms with Gasteiger partial charge in [0.25, 0.3) is 0 Å². The zero-order chi connectivity index (χ0) is 22.5. The first-order valence-corrected chi connectivity index (χ1v) is 11.9. The van der Waals surface area contributed by atoms with Gasteiger partial charge in [-0.25, -0.2) is 9.78 Å². The average Bonchev–Trinajstić information content (AvgIpc) is 3.63. The monoisotopic (exact) mass is 436 g/mol. The molecular formula is C24H32N6O2. The summed E-state index contributed by atoms with van der Waals surface area (Å²) < 4.78 is 7.16. The Balaban J connectivity index is 1.34. The number of anilines is 1. The number of nitrogens with one attached hydrogen (secondary N) is 2. The topological polar surface area (TPSA) is 104 Å². The number of rotatable bonds is 6. The minimum absolute atomic E-state index is 0.0807. The fourth-order valence-electron chi connectivity index (χ4n) is 5.04. The summed E-state index contributed by atoms with van der Waals surface area (Å²) in [4.78, 5) is 17.1. The van der Waals surface area contributed by atoms with Crippen molar-refractivity contribution in [3.05, 3.63) is 23.5 Å². The third kappa shape index (κ3) is 4.52. The highest BCUT2D eigenvalue weighted by Gasteiger charge is 2.43. The summed E-state index contributed by atoms with van der Waals surface area (Å²) >= 11 is 0. The smallest absolute Gasteiger partial charge is 0.407 e. The van der Waals surface area contributed by atoms with Gasteiger partial charge in [0, 0.05) is 24.1 Å². The van der Waals surface area contributed by atoms with Crippen LogP contribution in [-0.4, -0.2) is 38.4 Å². The first kappa shape index (κ1) is 21.0. The van der Waals surface area contributed by atoms with Crippen LogP contribution in [0.4, 0.5) is 10.6 Å². The van der Waals surface area contributed by atoms with Crippen LogP contribution in [0.25, 0.3) is 5.65 Å². The Morgan fingerprint density at radius 2 is 1.88 bits per heavy atom. The van der Waals surface area contributed by atoms with Crippen molar-refractivity contribution in [2.45, 2.75) is 89.3 Å². The van der Waals surface area contributed by atoms with E-state index in [0.717, 1.165) is 42.6 Å². The van der Waals surface area contributed by atoms with Crippen molar-refractivity contribution < 1.29 is 9.53 Å². The van der Waals surface area contributed by atoms with Crippen molar-refractivity contribution in [2.75, 3.05) is 5.32 Å². The molecule has 5 rings (SSSR count). The Labute approximate surface area is 188 Å². The lowest BCUT2D eigenvalue weighted by Crippen LogP contribution is -2.38. The van der Waals surface area contributed by atoms with E-state index in [-0.39, 0.29) is 18.2 Å². The highest BCUT2D eigenvalue weighted by Crippen LogP contribution is 2.54. The van der Waals surface area contributed by atoms with Crippen LogP contribution in [0.5, 0.6) is 0 Å². The minimum atomic E-state index is -0.502. The van der Waals surface area contributed by atoms with Crippen molar-refractivity contribution >= 4 is 17.6 Å². The van der Waals surface area contributed by atoms with Gasteiger partial charge in [-0.15, -0.1) is 0 Å². The fourth-order valence-corrected chi connectivity index (χ4v) is 5.04. The van der Waals surface area contributed by atoms with E-state index in [9.17, 15) is 10.1 Å². The Morgan fingerprint density at radius 3 is 2.50 bits per heavy atom. The summed E-state index contributed by atoms with van der Waals surface area (Å²) in [5.41, 5.74) is 1.75. The Kier molecular flexibility index (Phi) is 5.23. The van der Waals surface area contributed by atoms with E-state index in [0.29, 0.717) is 17.1 Å². The molecule has 0 aromatic carbocycles. The van der Waals surface area contributed by atoms with Crippen LogP contribution in [0.1, 0.15) is 82.9 Å². The maximum atomic E-state index is 12.1. The maximum Gasteiger partial charge on any atom is 0.407 e. The van der Waals surface area contributed by atoms with Gasteiger partial charge in [-0.05, 0) is 77.6 Å². The summed E-state index contributed by atoms with van der Waals surface area (Å²) in [5.74, 6) is 2.84. The van der Waals surface area contributed by atoms with E-state index in [2.05, 4.69) is 27.9 Å². The second-order valence-electron chi connectivity index (χ2n) is 10.7. The molecule has 2 atom stereocenters. The summed E-state index contributed by atoms with van der Waals surface area (Å²) in [6, 6.07) is 4.68.